The van der Waals surface area contributed by atoms with Gasteiger partial charge in [0.15, 0.2) is 0 Å². The van der Waals surface area contributed by atoms with Gasteiger partial charge in [0.05, 0.1) is 0 Å². The van der Waals surface area contributed by atoms with E-state index in [1.54, 1.807) is 0 Å². The van der Waals surface area contributed by atoms with E-state index in [4.69, 9.17) is 0 Å². The molecule has 80 valence electrons. The Hall–Kier alpha value is 0.440. The van der Waals surface area contributed by atoms with Crippen molar-refractivity contribution in [3.63, 3.8) is 0 Å². The van der Waals surface area contributed by atoms with Crippen LogP contribution in [0.1, 0.15) is 46.5 Å². The molecule has 0 saturated carbocycles. The highest BCUT2D eigenvalue weighted by Crippen LogP contribution is 2.08. The third-order valence-electron chi connectivity index (χ3n) is 2.35. The summed E-state index contributed by atoms with van der Waals surface area (Å²) in [5, 5.41) is 3.51. The topological polar surface area (TPSA) is 12.0 Å². The second kappa shape index (κ2) is 9.01. The van der Waals surface area contributed by atoms with Crippen molar-refractivity contribution in [3.05, 3.63) is 0 Å². The lowest BCUT2D eigenvalue weighted by molar-refractivity contribution is 0.471. The highest BCUT2D eigenvalue weighted by atomic mass is 79.9. The van der Waals surface area contributed by atoms with E-state index >= 15 is 0 Å². The number of hydrogen-bond donors (Lipinski definition) is 1. The summed E-state index contributed by atoms with van der Waals surface area (Å²) in [5.41, 5.74) is 0. The molecule has 0 fully saturated rings. The molecule has 0 aromatic rings. The maximum Gasteiger partial charge on any atom is 0.0155 e. The van der Waals surface area contributed by atoms with E-state index in [9.17, 15) is 0 Å². The van der Waals surface area contributed by atoms with Gasteiger partial charge in [-0.05, 0) is 38.3 Å². The lowest BCUT2D eigenvalue weighted by Gasteiger charge is -2.12. The molecular formula is C11H24BrN. The molecule has 2 atom stereocenters. The first kappa shape index (κ1) is 13.4. The number of hydrogen-bond acceptors (Lipinski definition) is 1. The normalized spacial score (nSPS) is 15.7. The second-order valence-corrected chi connectivity index (χ2v) is 5.19. The van der Waals surface area contributed by atoms with Crippen molar-refractivity contribution in [1.29, 1.82) is 0 Å². The van der Waals surface area contributed by atoms with Crippen LogP contribution in [0.15, 0.2) is 0 Å². The minimum absolute atomic E-state index is 0.696. The summed E-state index contributed by atoms with van der Waals surface area (Å²) in [6.07, 6.45) is 5.12. The summed E-state index contributed by atoms with van der Waals surface area (Å²) in [5.74, 6) is 0.834. The van der Waals surface area contributed by atoms with Crippen LogP contribution in [0.2, 0.25) is 0 Å². The van der Waals surface area contributed by atoms with Crippen molar-refractivity contribution < 1.29 is 0 Å². The van der Waals surface area contributed by atoms with Crippen LogP contribution in [-0.4, -0.2) is 17.9 Å². The molecule has 0 amide bonds. The van der Waals surface area contributed by atoms with Crippen molar-refractivity contribution in [2.24, 2.45) is 5.92 Å². The fourth-order valence-corrected chi connectivity index (χ4v) is 1.64. The van der Waals surface area contributed by atoms with Crippen LogP contribution in [-0.2, 0) is 0 Å². The van der Waals surface area contributed by atoms with Gasteiger partial charge in [0, 0.05) is 4.83 Å². The highest BCUT2D eigenvalue weighted by Gasteiger charge is 2.01. The Kier molecular flexibility index (Phi) is 9.32. The molecule has 0 saturated heterocycles. The van der Waals surface area contributed by atoms with Gasteiger partial charge in [-0.2, -0.15) is 0 Å². The van der Waals surface area contributed by atoms with Gasteiger partial charge in [0.1, 0.15) is 0 Å². The van der Waals surface area contributed by atoms with Crippen LogP contribution < -0.4 is 5.32 Å². The van der Waals surface area contributed by atoms with Gasteiger partial charge in [0.25, 0.3) is 0 Å². The lowest BCUT2D eigenvalue weighted by atomic mass is 10.1. The molecule has 0 bridgehead atoms. The molecule has 0 aliphatic carbocycles. The molecule has 13 heavy (non-hydrogen) atoms. The van der Waals surface area contributed by atoms with Gasteiger partial charge in [-0.1, -0.05) is 43.1 Å². The van der Waals surface area contributed by atoms with E-state index in [2.05, 4.69) is 42.0 Å². The van der Waals surface area contributed by atoms with Gasteiger partial charge in [-0.15, -0.1) is 0 Å². The third kappa shape index (κ3) is 8.76. The molecule has 0 aromatic heterocycles. The molecule has 0 radical (unpaired) electrons. The van der Waals surface area contributed by atoms with Crippen molar-refractivity contribution in [2.45, 2.75) is 51.3 Å². The first-order valence-electron chi connectivity index (χ1n) is 5.55. The monoisotopic (exact) mass is 249 g/mol. The number of nitrogens with one attached hydrogen (secondary N) is 1. The SMILES string of the molecule is CCCC(C)CNCCC(Br)CC. The zero-order chi connectivity index (χ0) is 10.1. The van der Waals surface area contributed by atoms with E-state index < -0.39 is 0 Å². The van der Waals surface area contributed by atoms with E-state index in [1.807, 2.05) is 0 Å². The highest BCUT2D eigenvalue weighted by molar-refractivity contribution is 9.09. The van der Waals surface area contributed by atoms with Gasteiger partial charge < -0.3 is 5.32 Å². The van der Waals surface area contributed by atoms with Crippen molar-refractivity contribution in [3.8, 4) is 0 Å². The summed E-state index contributed by atoms with van der Waals surface area (Å²) in [7, 11) is 0. The predicted molar refractivity (Wildman–Crippen MR) is 64.6 cm³/mol. The minimum Gasteiger partial charge on any atom is -0.316 e. The van der Waals surface area contributed by atoms with Crippen LogP contribution in [0, 0.1) is 5.92 Å². The number of rotatable bonds is 8. The number of alkyl halides is 1. The molecule has 0 aliphatic heterocycles. The molecule has 0 rings (SSSR count). The van der Waals surface area contributed by atoms with E-state index in [1.165, 1.54) is 32.2 Å². The Bertz CT molecular complexity index is 106. The van der Waals surface area contributed by atoms with Gasteiger partial charge in [0.2, 0.25) is 0 Å². The van der Waals surface area contributed by atoms with Crippen molar-refractivity contribution in [2.75, 3.05) is 13.1 Å². The van der Waals surface area contributed by atoms with Crippen LogP contribution >= 0.6 is 15.9 Å². The summed E-state index contributed by atoms with van der Waals surface area (Å²) in [6, 6.07) is 0. The Morgan fingerprint density at radius 1 is 1.23 bits per heavy atom. The Labute approximate surface area is 91.8 Å². The maximum absolute atomic E-state index is 3.63. The fraction of sp³-hybridized carbons (Fsp3) is 1.00. The van der Waals surface area contributed by atoms with E-state index in [-0.39, 0.29) is 0 Å². The smallest absolute Gasteiger partial charge is 0.0155 e. The minimum atomic E-state index is 0.696. The Morgan fingerprint density at radius 2 is 1.92 bits per heavy atom. The van der Waals surface area contributed by atoms with Gasteiger partial charge in [-0.25, -0.2) is 0 Å². The first-order valence-corrected chi connectivity index (χ1v) is 6.47. The van der Waals surface area contributed by atoms with Crippen LogP contribution in [0.4, 0.5) is 0 Å². The molecular weight excluding hydrogens is 226 g/mol. The molecule has 0 aliphatic rings. The van der Waals surface area contributed by atoms with E-state index in [0.717, 1.165) is 12.5 Å². The summed E-state index contributed by atoms with van der Waals surface area (Å²) >= 11 is 3.63. The average molecular weight is 250 g/mol. The second-order valence-electron chi connectivity index (χ2n) is 3.89. The van der Waals surface area contributed by atoms with Crippen LogP contribution in [0.25, 0.3) is 0 Å². The van der Waals surface area contributed by atoms with Crippen molar-refractivity contribution >= 4 is 15.9 Å². The van der Waals surface area contributed by atoms with E-state index in [0.29, 0.717) is 4.83 Å². The summed E-state index contributed by atoms with van der Waals surface area (Å²) < 4.78 is 0. The average Bonchev–Trinajstić information content (AvgIpc) is 2.12. The predicted octanol–water partition coefficient (Wildman–Crippen LogP) is 3.58. The lowest BCUT2D eigenvalue weighted by Crippen LogP contribution is -2.23. The summed E-state index contributed by atoms with van der Waals surface area (Å²) in [6.45, 7) is 9.12. The first-order chi connectivity index (χ1) is 6.20. The van der Waals surface area contributed by atoms with Crippen LogP contribution in [0.5, 0.6) is 0 Å². The largest absolute Gasteiger partial charge is 0.316 e. The maximum atomic E-state index is 3.63. The van der Waals surface area contributed by atoms with Crippen LogP contribution in [0.3, 0.4) is 0 Å². The quantitative estimate of drug-likeness (QED) is 0.513. The zero-order valence-corrected chi connectivity index (χ0v) is 10.9. The van der Waals surface area contributed by atoms with Crippen molar-refractivity contribution in [1.82, 2.24) is 5.32 Å². The summed E-state index contributed by atoms with van der Waals surface area (Å²) in [4.78, 5) is 0.696. The molecule has 2 heteroatoms. The Morgan fingerprint density at radius 3 is 2.46 bits per heavy atom. The van der Waals surface area contributed by atoms with Gasteiger partial charge in [-0.3, -0.25) is 0 Å². The molecule has 0 spiro atoms. The fourth-order valence-electron chi connectivity index (χ4n) is 1.41. The molecule has 0 aromatic carbocycles. The molecule has 0 heterocycles. The zero-order valence-electron chi connectivity index (χ0n) is 9.28. The Balaban J connectivity index is 3.15. The molecule has 1 N–H and O–H groups in total. The number of halogens is 1. The van der Waals surface area contributed by atoms with Gasteiger partial charge >= 0.3 is 0 Å². The molecule has 1 nitrogen and oxygen atoms in total. The molecule has 2 unspecified atom stereocenters. The standard InChI is InChI=1S/C11H24BrN/c1-4-6-10(3)9-13-8-7-11(12)5-2/h10-11,13H,4-9H2,1-3H3. The third-order valence-corrected chi connectivity index (χ3v) is 3.46.